The van der Waals surface area contributed by atoms with Gasteiger partial charge in [-0.2, -0.15) is 0 Å². The third-order valence-corrected chi connectivity index (χ3v) is 4.34. The van der Waals surface area contributed by atoms with E-state index in [-0.39, 0.29) is 11.7 Å². The van der Waals surface area contributed by atoms with Crippen LogP contribution in [0.25, 0.3) is 0 Å². The van der Waals surface area contributed by atoms with Crippen LogP contribution in [0.2, 0.25) is 0 Å². The normalized spacial score (nSPS) is 14.1. The van der Waals surface area contributed by atoms with Gasteiger partial charge in [-0.1, -0.05) is 29.8 Å². The average Bonchev–Trinajstić information content (AvgIpc) is 2.53. The lowest BCUT2D eigenvalue weighted by Crippen LogP contribution is -2.52. The summed E-state index contributed by atoms with van der Waals surface area (Å²) in [6, 6.07) is 12.6. The first-order chi connectivity index (χ1) is 12.0. The lowest BCUT2D eigenvalue weighted by Gasteiger charge is -2.39. The Morgan fingerprint density at radius 2 is 2.08 bits per heavy atom. The zero-order valence-electron chi connectivity index (χ0n) is 14.6. The zero-order valence-corrected chi connectivity index (χ0v) is 14.6. The second-order valence-electron chi connectivity index (χ2n) is 6.47. The van der Waals surface area contributed by atoms with Gasteiger partial charge < -0.3 is 15.0 Å². The number of carbonyl (C=O) groups excluding carboxylic acids is 1. The number of nitrogens with one attached hydrogen (secondary N) is 1. The van der Waals surface area contributed by atoms with Crippen LogP contribution < -0.4 is 10.1 Å². The van der Waals surface area contributed by atoms with Gasteiger partial charge in [-0.15, -0.1) is 0 Å². The summed E-state index contributed by atoms with van der Waals surface area (Å²) in [6.07, 6.45) is 0.961. The van der Waals surface area contributed by atoms with Gasteiger partial charge in [0.2, 0.25) is 0 Å². The summed E-state index contributed by atoms with van der Waals surface area (Å²) in [5.41, 5.74) is 2.72. The number of halogens is 1. The van der Waals surface area contributed by atoms with Gasteiger partial charge in [-0.3, -0.25) is 0 Å². The van der Waals surface area contributed by atoms with Crippen molar-refractivity contribution in [1.82, 2.24) is 4.90 Å². The number of aryl methyl sites for hydroxylation is 1. The van der Waals surface area contributed by atoms with E-state index in [1.165, 1.54) is 23.3 Å². The molecule has 25 heavy (non-hydrogen) atoms. The second-order valence-corrected chi connectivity index (χ2v) is 6.47. The van der Waals surface area contributed by atoms with Gasteiger partial charge in [-0.25, -0.2) is 9.18 Å². The first-order valence-corrected chi connectivity index (χ1v) is 8.59. The van der Waals surface area contributed by atoms with Gasteiger partial charge in [-0.05, 0) is 43.9 Å². The molecule has 4 nitrogen and oxygen atoms in total. The Labute approximate surface area is 147 Å². The predicted octanol–water partition coefficient (Wildman–Crippen LogP) is 4.24. The molecular weight excluding hydrogens is 319 g/mol. The number of hydrogen-bond acceptors (Lipinski definition) is 2. The third-order valence-electron chi connectivity index (χ3n) is 4.34. The molecule has 1 aliphatic heterocycles. The van der Waals surface area contributed by atoms with Crippen LogP contribution in [0, 0.1) is 18.7 Å². The van der Waals surface area contributed by atoms with Crippen molar-refractivity contribution >= 4 is 11.7 Å². The maximum atomic E-state index is 14.0. The first kappa shape index (κ1) is 17.3. The summed E-state index contributed by atoms with van der Waals surface area (Å²) in [5, 5.41) is 2.63. The highest BCUT2D eigenvalue weighted by molar-refractivity contribution is 5.90. The summed E-state index contributed by atoms with van der Waals surface area (Å²) in [6.45, 7) is 5.78. The van der Waals surface area contributed by atoms with Crippen molar-refractivity contribution in [2.45, 2.75) is 20.3 Å². The van der Waals surface area contributed by atoms with E-state index in [1.54, 1.807) is 11.0 Å². The van der Waals surface area contributed by atoms with Gasteiger partial charge in [0, 0.05) is 19.2 Å². The molecule has 0 aromatic heterocycles. The SMILES string of the molecule is CCOc1ccc(NC(=O)N2CC(Cc3cccc(C)c3)C2)c(F)c1. The molecule has 132 valence electrons. The van der Waals surface area contributed by atoms with Gasteiger partial charge in [0.15, 0.2) is 0 Å². The number of anilines is 1. The summed E-state index contributed by atoms with van der Waals surface area (Å²) in [7, 11) is 0. The summed E-state index contributed by atoms with van der Waals surface area (Å²) >= 11 is 0. The van der Waals surface area contributed by atoms with Crippen LogP contribution in [-0.2, 0) is 6.42 Å². The van der Waals surface area contributed by atoms with Crippen molar-refractivity contribution in [3.63, 3.8) is 0 Å². The molecular formula is C20H23FN2O2. The van der Waals surface area contributed by atoms with Crippen molar-refractivity contribution in [1.29, 1.82) is 0 Å². The number of rotatable bonds is 5. The fraction of sp³-hybridized carbons (Fsp3) is 0.350. The quantitative estimate of drug-likeness (QED) is 0.883. The molecule has 2 aromatic carbocycles. The summed E-state index contributed by atoms with van der Waals surface area (Å²) < 4.78 is 19.3. The third kappa shape index (κ3) is 4.29. The van der Waals surface area contributed by atoms with E-state index in [0.29, 0.717) is 31.4 Å². The van der Waals surface area contributed by atoms with Crippen LogP contribution in [0.1, 0.15) is 18.1 Å². The standard InChI is InChI=1S/C20H23FN2O2/c1-3-25-17-7-8-19(18(21)11-17)22-20(24)23-12-16(13-23)10-15-6-4-5-14(2)9-15/h4-9,11,16H,3,10,12-13H2,1-2H3,(H,22,24). The lowest BCUT2D eigenvalue weighted by atomic mass is 9.92. The monoisotopic (exact) mass is 342 g/mol. The Bertz CT molecular complexity index is 757. The van der Waals surface area contributed by atoms with Crippen LogP contribution in [0.3, 0.4) is 0 Å². The Morgan fingerprint density at radius 3 is 2.76 bits per heavy atom. The zero-order chi connectivity index (χ0) is 17.8. The minimum atomic E-state index is -0.490. The van der Waals surface area contributed by atoms with Crippen LogP contribution in [0.5, 0.6) is 5.75 Å². The number of likely N-dealkylation sites (tertiary alicyclic amines) is 1. The fourth-order valence-electron chi connectivity index (χ4n) is 3.09. The molecule has 3 rings (SSSR count). The Hall–Kier alpha value is -2.56. The molecule has 2 aromatic rings. The predicted molar refractivity (Wildman–Crippen MR) is 96.5 cm³/mol. The lowest BCUT2D eigenvalue weighted by molar-refractivity contribution is 0.131. The fourth-order valence-corrected chi connectivity index (χ4v) is 3.09. The van der Waals surface area contributed by atoms with E-state index >= 15 is 0 Å². The molecule has 5 heteroatoms. The van der Waals surface area contributed by atoms with Crippen molar-refractivity contribution < 1.29 is 13.9 Å². The highest BCUT2D eigenvalue weighted by Crippen LogP contribution is 2.24. The van der Waals surface area contributed by atoms with Crippen LogP contribution in [0.15, 0.2) is 42.5 Å². The van der Waals surface area contributed by atoms with Crippen molar-refractivity contribution in [3.05, 3.63) is 59.4 Å². The van der Waals surface area contributed by atoms with E-state index in [9.17, 15) is 9.18 Å². The molecule has 0 spiro atoms. The van der Waals surface area contributed by atoms with Crippen LogP contribution in [-0.4, -0.2) is 30.6 Å². The Balaban J connectivity index is 1.50. The van der Waals surface area contributed by atoms with Crippen LogP contribution >= 0.6 is 0 Å². The number of urea groups is 1. The molecule has 0 bridgehead atoms. The molecule has 1 fully saturated rings. The maximum Gasteiger partial charge on any atom is 0.321 e. The van der Waals surface area contributed by atoms with E-state index in [2.05, 4.69) is 36.5 Å². The molecule has 1 aliphatic rings. The minimum absolute atomic E-state index is 0.176. The average molecular weight is 342 g/mol. The van der Waals surface area contributed by atoms with Crippen molar-refractivity contribution in [2.24, 2.45) is 5.92 Å². The minimum Gasteiger partial charge on any atom is -0.494 e. The molecule has 0 radical (unpaired) electrons. The van der Waals surface area contributed by atoms with E-state index in [1.807, 2.05) is 6.92 Å². The smallest absolute Gasteiger partial charge is 0.321 e. The first-order valence-electron chi connectivity index (χ1n) is 8.59. The molecule has 0 aliphatic carbocycles. The highest BCUT2D eigenvalue weighted by Gasteiger charge is 2.30. The molecule has 1 heterocycles. The molecule has 1 N–H and O–H groups in total. The van der Waals surface area contributed by atoms with Crippen molar-refractivity contribution in [2.75, 3.05) is 25.0 Å². The van der Waals surface area contributed by atoms with Crippen molar-refractivity contribution in [3.8, 4) is 5.75 Å². The number of ether oxygens (including phenoxy) is 1. The Kier molecular flexibility index (Phi) is 5.22. The molecule has 0 atom stereocenters. The number of amides is 2. The summed E-state index contributed by atoms with van der Waals surface area (Å²) in [4.78, 5) is 13.9. The number of carbonyl (C=O) groups is 1. The van der Waals surface area contributed by atoms with E-state index < -0.39 is 5.82 Å². The van der Waals surface area contributed by atoms with Crippen LogP contribution in [0.4, 0.5) is 14.9 Å². The molecule has 0 saturated carbocycles. The largest absolute Gasteiger partial charge is 0.494 e. The van der Waals surface area contributed by atoms with Gasteiger partial charge >= 0.3 is 6.03 Å². The number of nitrogens with zero attached hydrogens (tertiary/aromatic N) is 1. The second kappa shape index (κ2) is 7.55. The van der Waals surface area contributed by atoms with E-state index in [4.69, 9.17) is 4.74 Å². The molecule has 1 saturated heterocycles. The number of hydrogen-bond donors (Lipinski definition) is 1. The van der Waals surface area contributed by atoms with Gasteiger partial charge in [0.05, 0.1) is 12.3 Å². The highest BCUT2D eigenvalue weighted by atomic mass is 19.1. The Morgan fingerprint density at radius 1 is 1.28 bits per heavy atom. The summed E-state index contributed by atoms with van der Waals surface area (Å²) in [5.74, 6) is 0.425. The van der Waals surface area contributed by atoms with Gasteiger partial charge in [0.1, 0.15) is 11.6 Å². The van der Waals surface area contributed by atoms with E-state index in [0.717, 1.165) is 6.42 Å². The molecule has 2 amide bonds. The van der Waals surface area contributed by atoms with Gasteiger partial charge in [0.25, 0.3) is 0 Å². The topological polar surface area (TPSA) is 41.6 Å². The molecule has 0 unspecified atom stereocenters. The maximum absolute atomic E-state index is 14.0. The number of benzene rings is 2.